The highest BCUT2D eigenvalue weighted by Gasteiger charge is 2.18. The van der Waals surface area contributed by atoms with E-state index >= 15 is 0 Å². The Bertz CT molecular complexity index is 1080. The van der Waals surface area contributed by atoms with Crippen LogP contribution in [0.1, 0.15) is 34.8 Å². The summed E-state index contributed by atoms with van der Waals surface area (Å²) >= 11 is 3.13. The van der Waals surface area contributed by atoms with Crippen molar-refractivity contribution in [2.75, 3.05) is 19.0 Å². The fourth-order valence-electron chi connectivity index (χ4n) is 3.25. The van der Waals surface area contributed by atoms with Crippen molar-refractivity contribution in [3.63, 3.8) is 0 Å². The van der Waals surface area contributed by atoms with E-state index < -0.39 is 0 Å². The number of thioether (sulfide) groups is 1. The van der Waals surface area contributed by atoms with Crippen LogP contribution in [0.25, 0.3) is 10.2 Å². The van der Waals surface area contributed by atoms with Crippen molar-refractivity contribution >= 4 is 39.2 Å². The number of rotatable bonds is 5. The molecule has 1 unspecified atom stereocenters. The van der Waals surface area contributed by atoms with Crippen LogP contribution >= 0.6 is 23.1 Å². The Balaban J connectivity index is 1.43. The quantitative estimate of drug-likeness (QED) is 0.480. The van der Waals surface area contributed by atoms with Gasteiger partial charge in [0.2, 0.25) is 5.91 Å². The van der Waals surface area contributed by atoms with Crippen LogP contribution in [0, 0.1) is 20.8 Å². The third-order valence-corrected chi connectivity index (χ3v) is 6.97. The van der Waals surface area contributed by atoms with Crippen molar-refractivity contribution in [1.82, 2.24) is 15.3 Å². The lowest BCUT2D eigenvalue weighted by Gasteiger charge is -2.21. The fourth-order valence-corrected chi connectivity index (χ4v) is 5.33. The second-order valence-corrected chi connectivity index (χ2v) is 9.19. The molecule has 0 saturated heterocycles. The van der Waals surface area contributed by atoms with E-state index in [0.717, 1.165) is 38.1 Å². The second-order valence-electron chi connectivity index (χ2n) is 7.02. The molecule has 0 radical (unpaired) electrons. The van der Waals surface area contributed by atoms with Crippen LogP contribution in [0.2, 0.25) is 0 Å². The van der Waals surface area contributed by atoms with Crippen LogP contribution in [0.15, 0.2) is 23.2 Å². The molecule has 1 N–H and O–H groups in total. The van der Waals surface area contributed by atoms with Crippen LogP contribution in [0.4, 0.5) is 0 Å². The second kappa shape index (κ2) is 8.20. The zero-order valence-corrected chi connectivity index (χ0v) is 18.5. The number of fused-ring (bicyclic) bond motifs is 2. The molecule has 1 atom stereocenters. The van der Waals surface area contributed by atoms with E-state index in [1.807, 2.05) is 32.0 Å². The number of nitrogens with zero attached hydrogens (tertiary/aromatic N) is 2. The molecule has 2 aromatic heterocycles. The van der Waals surface area contributed by atoms with E-state index in [-0.39, 0.29) is 11.9 Å². The molecule has 3 aromatic rings. The highest BCUT2D eigenvalue weighted by Crippen LogP contribution is 2.35. The molecule has 29 heavy (non-hydrogen) atoms. The van der Waals surface area contributed by atoms with Gasteiger partial charge < -0.3 is 14.8 Å². The maximum Gasteiger partial charge on any atom is 0.230 e. The van der Waals surface area contributed by atoms with E-state index in [0.29, 0.717) is 19.0 Å². The molecular weight excluding hydrogens is 406 g/mol. The Morgan fingerprint density at radius 1 is 1.21 bits per heavy atom. The summed E-state index contributed by atoms with van der Waals surface area (Å²) in [5, 5.41) is 5.00. The Kier molecular flexibility index (Phi) is 5.65. The fraction of sp³-hybridized carbons (Fsp3) is 0.381. The van der Waals surface area contributed by atoms with Crippen molar-refractivity contribution in [3.05, 3.63) is 40.0 Å². The first-order chi connectivity index (χ1) is 13.9. The SMILES string of the molecule is Cc1nc(SCC(=O)NC(C)c2ccc3c(c2)OCCO3)c2c(C)c(C)sc2n1. The summed E-state index contributed by atoms with van der Waals surface area (Å²) in [5.74, 6) is 2.47. The first-order valence-corrected chi connectivity index (χ1v) is 11.3. The number of nitrogens with one attached hydrogen (secondary N) is 1. The van der Waals surface area contributed by atoms with Crippen molar-refractivity contribution < 1.29 is 14.3 Å². The summed E-state index contributed by atoms with van der Waals surface area (Å²) < 4.78 is 11.2. The monoisotopic (exact) mass is 429 g/mol. The lowest BCUT2D eigenvalue weighted by Crippen LogP contribution is -2.28. The standard InChI is InChI=1S/C21H23N3O3S2/c1-11-13(3)29-21-19(11)20(23-14(4)24-21)28-10-18(25)22-12(2)15-5-6-16-17(9-15)27-8-7-26-16/h5-6,9,12H,7-8,10H2,1-4H3,(H,22,25). The van der Waals surface area contributed by atoms with Crippen LogP contribution in [-0.2, 0) is 4.79 Å². The van der Waals surface area contributed by atoms with Gasteiger partial charge in [0.25, 0.3) is 0 Å². The van der Waals surface area contributed by atoms with Gasteiger partial charge in [-0.25, -0.2) is 9.97 Å². The minimum absolute atomic E-state index is 0.0357. The van der Waals surface area contributed by atoms with Gasteiger partial charge in [-0.1, -0.05) is 17.8 Å². The molecule has 0 aliphatic carbocycles. The summed E-state index contributed by atoms with van der Waals surface area (Å²) in [6, 6.07) is 5.65. The normalized spacial score (nSPS) is 14.1. The summed E-state index contributed by atoms with van der Waals surface area (Å²) in [4.78, 5) is 23.9. The molecule has 1 aliphatic rings. The Labute approximate surface area is 178 Å². The number of aromatic nitrogens is 2. The van der Waals surface area contributed by atoms with Crippen molar-refractivity contribution in [1.29, 1.82) is 0 Å². The van der Waals surface area contributed by atoms with Gasteiger partial charge in [-0.2, -0.15) is 0 Å². The van der Waals surface area contributed by atoms with Gasteiger partial charge in [0.05, 0.1) is 11.8 Å². The molecule has 0 spiro atoms. The number of carbonyl (C=O) groups excluding carboxylic acids is 1. The van der Waals surface area contributed by atoms with Crippen molar-refractivity contribution in [2.45, 2.75) is 38.8 Å². The van der Waals surface area contributed by atoms with E-state index in [1.165, 1.54) is 22.2 Å². The number of aryl methyl sites for hydroxylation is 3. The van der Waals surface area contributed by atoms with Gasteiger partial charge >= 0.3 is 0 Å². The molecule has 0 fully saturated rings. The van der Waals surface area contributed by atoms with E-state index in [2.05, 4.69) is 29.1 Å². The number of carbonyl (C=O) groups is 1. The number of hydrogen-bond donors (Lipinski definition) is 1. The minimum Gasteiger partial charge on any atom is -0.486 e. The Morgan fingerprint density at radius 2 is 1.97 bits per heavy atom. The van der Waals surface area contributed by atoms with Crippen LogP contribution < -0.4 is 14.8 Å². The van der Waals surface area contributed by atoms with Gasteiger partial charge in [0.1, 0.15) is 28.9 Å². The minimum atomic E-state index is -0.129. The molecule has 1 aromatic carbocycles. The molecule has 8 heteroatoms. The maximum absolute atomic E-state index is 12.6. The largest absolute Gasteiger partial charge is 0.486 e. The molecule has 0 bridgehead atoms. The summed E-state index contributed by atoms with van der Waals surface area (Å²) in [7, 11) is 0. The van der Waals surface area contributed by atoms with Crippen LogP contribution in [0.3, 0.4) is 0 Å². The number of amides is 1. The number of hydrogen-bond acceptors (Lipinski definition) is 7. The number of thiophene rings is 1. The third-order valence-electron chi connectivity index (χ3n) is 4.89. The first kappa shape index (κ1) is 20.0. The first-order valence-electron chi connectivity index (χ1n) is 9.48. The average Bonchev–Trinajstić information content (AvgIpc) is 2.99. The Morgan fingerprint density at radius 3 is 2.76 bits per heavy atom. The zero-order valence-electron chi connectivity index (χ0n) is 16.9. The summed E-state index contributed by atoms with van der Waals surface area (Å²) in [5.41, 5.74) is 2.18. The summed E-state index contributed by atoms with van der Waals surface area (Å²) in [6.07, 6.45) is 0. The van der Waals surface area contributed by atoms with Crippen LogP contribution in [0.5, 0.6) is 11.5 Å². The van der Waals surface area contributed by atoms with E-state index in [4.69, 9.17) is 9.47 Å². The van der Waals surface area contributed by atoms with Crippen LogP contribution in [-0.4, -0.2) is 34.8 Å². The molecule has 4 rings (SSSR count). The predicted molar refractivity (Wildman–Crippen MR) is 116 cm³/mol. The molecule has 0 saturated carbocycles. The average molecular weight is 430 g/mol. The number of benzene rings is 1. The van der Waals surface area contributed by atoms with Gasteiger partial charge in [-0.3, -0.25) is 4.79 Å². The molecule has 1 amide bonds. The molecule has 6 nitrogen and oxygen atoms in total. The topological polar surface area (TPSA) is 73.3 Å². The lowest BCUT2D eigenvalue weighted by molar-refractivity contribution is -0.119. The van der Waals surface area contributed by atoms with E-state index in [1.54, 1.807) is 11.3 Å². The maximum atomic E-state index is 12.6. The van der Waals surface area contributed by atoms with Gasteiger partial charge in [0.15, 0.2) is 11.5 Å². The van der Waals surface area contributed by atoms with Crippen molar-refractivity contribution in [2.24, 2.45) is 0 Å². The van der Waals surface area contributed by atoms with Gasteiger partial charge in [-0.15, -0.1) is 11.3 Å². The van der Waals surface area contributed by atoms with Gasteiger partial charge in [-0.05, 0) is 51.0 Å². The highest BCUT2D eigenvalue weighted by atomic mass is 32.2. The van der Waals surface area contributed by atoms with Gasteiger partial charge in [0, 0.05) is 10.3 Å². The molecule has 152 valence electrons. The lowest BCUT2D eigenvalue weighted by atomic mass is 10.1. The smallest absolute Gasteiger partial charge is 0.230 e. The zero-order chi connectivity index (χ0) is 20.5. The molecule has 1 aliphatic heterocycles. The van der Waals surface area contributed by atoms with Crippen molar-refractivity contribution in [3.8, 4) is 11.5 Å². The summed E-state index contributed by atoms with van der Waals surface area (Å²) in [6.45, 7) is 9.14. The van der Waals surface area contributed by atoms with E-state index in [9.17, 15) is 4.79 Å². The Hall–Kier alpha value is -2.32. The molecular formula is C21H23N3O3S2. The number of ether oxygens (including phenoxy) is 2. The highest BCUT2D eigenvalue weighted by molar-refractivity contribution is 8.00. The predicted octanol–water partition coefficient (Wildman–Crippen LogP) is 4.36. The molecule has 3 heterocycles. The third kappa shape index (κ3) is 4.18.